The molecule has 8 heteroatoms. The minimum absolute atomic E-state index is 0.287. The van der Waals surface area contributed by atoms with Crippen LogP contribution in [0, 0.1) is 0 Å². The van der Waals surface area contributed by atoms with Crippen molar-refractivity contribution in [2.45, 2.75) is 5.75 Å². The molecule has 0 unspecified atom stereocenters. The quantitative estimate of drug-likeness (QED) is 0.370. The smallest absolute Gasteiger partial charge is 0.237 e. The number of thiophene rings is 1. The Labute approximate surface area is 99.7 Å². The highest BCUT2D eigenvalue weighted by molar-refractivity contribution is 8.13. The molecule has 0 aromatic carbocycles. The first kappa shape index (κ1) is 11.0. The molecule has 2 heterocycles. The molecule has 84 valence electrons. The van der Waals surface area contributed by atoms with Crippen molar-refractivity contribution in [2.24, 2.45) is 16.7 Å². The van der Waals surface area contributed by atoms with E-state index in [1.54, 1.807) is 11.3 Å². The molecule has 0 saturated carbocycles. The second-order valence-electron chi connectivity index (χ2n) is 2.78. The van der Waals surface area contributed by atoms with Gasteiger partial charge in [-0.15, -0.1) is 0 Å². The summed E-state index contributed by atoms with van der Waals surface area (Å²) in [5.74, 6) is 6.54. The van der Waals surface area contributed by atoms with Crippen LogP contribution in [0.1, 0.15) is 5.89 Å². The first-order valence-corrected chi connectivity index (χ1v) is 6.23. The first-order valence-electron chi connectivity index (χ1n) is 4.31. The molecule has 0 spiro atoms. The summed E-state index contributed by atoms with van der Waals surface area (Å²) >= 11 is 2.83. The van der Waals surface area contributed by atoms with E-state index in [0.717, 1.165) is 5.56 Å². The van der Waals surface area contributed by atoms with Gasteiger partial charge in [-0.25, -0.2) is 0 Å². The zero-order valence-electron chi connectivity index (χ0n) is 8.16. The molecular weight excluding hydrogens is 246 g/mol. The lowest BCUT2D eigenvalue weighted by molar-refractivity contribution is 0.392. The van der Waals surface area contributed by atoms with E-state index in [1.165, 1.54) is 11.8 Å². The van der Waals surface area contributed by atoms with Crippen molar-refractivity contribution in [1.29, 1.82) is 0 Å². The van der Waals surface area contributed by atoms with Gasteiger partial charge in [-0.05, 0) is 11.4 Å². The fraction of sp³-hybridized carbons (Fsp3) is 0.125. The number of aromatic nitrogens is 2. The Kier molecular flexibility index (Phi) is 3.42. The van der Waals surface area contributed by atoms with Gasteiger partial charge in [-0.1, -0.05) is 16.9 Å². The number of thioether (sulfide) groups is 1. The summed E-state index contributed by atoms with van der Waals surface area (Å²) in [6, 6.07) is 1.93. The number of hydrogen-bond donors (Lipinski definition) is 2. The molecule has 0 aliphatic rings. The molecule has 6 nitrogen and oxygen atoms in total. The third-order valence-corrected chi connectivity index (χ3v) is 3.19. The Morgan fingerprint density at radius 3 is 3.19 bits per heavy atom. The Bertz CT molecular complexity index is 478. The Balaban J connectivity index is 2.03. The summed E-state index contributed by atoms with van der Waals surface area (Å²) in [5.41, 5.74) is 6.37. The van der Waals surface area contributed by atoms with Gasteiger partial charge in [0.05, 0.1) is 5.75 Å². The molecule has 16 heavy (non-hydrogen) atoms. The summed E-state index contributed by atoms with van der Waals surface area (Å²) < 4.78 is 5.05. The van der Waals surface area contributed by atoms with Crippen molar-refractivity contribution >= 4 is 28.3 Å². The molecule has 0 amide bonds. The number of nitrogens with zero attached hydrogens (tertiary/aromatic N) is 3. The average molecular weight is 255 g/mol. The molecule has 0 atom stereocenters. The normalized spacial score (nSPS) is 11.9. The Morgan fingerprint density at radius 1 is 1.62 bits per heavy atom. The predicted molar refractivity (Wildman–Crippen MR) is 64.7 cm³/mol. The summed E-state index contributed by atoms with van der Waals surface area (Å²) in [5, 5.41) is 11.4. The van der Waals surface area contributed by atoms with Crippen molar-refractivity contribution in [1.82, 2.24) is 10.1 Å². The fourth-order valence-electron chi connectivity index (χ4n) is 0.995. The molecular formula is C8H9N5OS2. The van der Waals surface area contributed by atoms with Gasteiger partial charge < -0.3 is 16.1 Å². The van der Waals surface area contributed by atoms with E-state index in [1.807, 2.05) is 16.8 Å². The van der Waals surface area contributed by atoms with Crippen LogP contribution >= 0.6 is 23.1 Å². The minimum Gasteiger partial charge on any atom is -0.377 e. The molecule has 2 rings (SSSR count). The number of hydrazone groups is 1. The van der Waals surface area contributed by atoms with Crippen LogP contribution in [0.4, 0.5) is 0 Å². The second kappa shape index (κ2) is 4.99. The fourth-order valence-corrected chi connectivity index (χ4v) is 2.09. The minimum atomic E-state index is 0.287. The van der Waals surface area contributed by atoms with Crippen molar-refractivity contribution in [3.63, 3.8) is 0 Å². The third kappa shape index (κ3) is 2.52. The lowest BCUT2D eigenvalue weighted by Crippen LogP contribution is -2.09. The highest BCUT2D eigenvalue weighted by atomic mass is 32.2. The highest BCUT2D eigenvalue weighted by Crippen LogP contribution is 2.20. The van der Waals surface area contributed by atoms with Crippen molar-refractivity contribution in [2.75, 3.05) is 0 Å². The average Bonchev–Trinajstić information content (AvgIpc) is 2.95. The monoisotopic (exact) mass is 255 g/mol. The van der Waals surface area contributed by atoms with Crippen LogP contribution in [-0.2, 0) is 5.75 Å². The van der Waals surface area contributed by atoms with Crippen LogP contribution in [0.15, 0.2) is 26.5 Å². The van der Waals surface area contributed by atoms with E-state index >= 15 is 0 Å². The second-order valence-corrected chi connectivity index (χ2v) is 4.56. The van der Waals surface area contributed by atoms with Crippen LogP contribution < -0.4 is 11.6 Å². The molecule has 0 radical (unpaired) electrons. The standard InChI is InChI=1S/C8H9N5OS2/c9-8(12-10)16-4-6-11-7(13-14-6)5-1-2-15-3-5/h1-3H,4,10H2,(H2,9,12). The third-order valence-electron chi connectivity index (χ3n) is 1.72. The van der Waals surface area contributed by atoms with E-state index in [0.29, 0.717) is 17.5 Å². The zero-order valence-corrected chi connectivity index (χ0v) is 9.79. The molecule has 4 N–H and O–H groups in total. The van der Waals surface area contributed by atoms with Crippen LogP contribution in [0.25, 0.3) is 11.4 Å². The van der Waals surface area contributed by atoms with Gasteiger partial charge in [0.2, 0.25) is 11.7 Å². The number of hydrogen-bond acceptors (Lipinski definition) is 7. The molecule has 0 aliphatic carbocycles. The van der Waals surface area contributed by atoms with Crippen molar-refractivity contribution in [3.8, 4) is 11.4 Å². The molecule has 2 aromatic rings. The predicted octanol–water partition coefficient (Wildman–Crippen LogP) is 1.22. The van der Waals surface area contributed by atoms with E-state index in [2.05, 4.69) is 15.2 Å². The van der Waals surface area contributed by atoms with Crippen LogP contribution in [0.2, 0.25) is 0 Å². The lowest BCUT2D eigenvalue weighted by atomic mass is 10.3. The van der Waals surface area contributed by atoms with Gasteiger partial charge >= 0.3 is 0 Å². The molecule has 0 bridgehead atoms. The Hall–Kier alpha value is -1.54. The van der Waals surface area contributed by atoms with Crippen molar-refractivity contribution in [3.05, 3.63) is 22.7 Å². The maximum Gasteiger partial charge on any atom is 0.237 e. The largest absolute Gasteiger partial charge is 0.377 e. The molecule has 2 aromatic heterocycles. The van der Waals surface area contributed by atoms with Gasteiger partial charge in [-0.2, -0.15) is 21.4 Å². The van der Waals surface area contributed by atoms with Gasteiger partial charge in [0.15, 0.2) is 5.17 Å². The van der Waals surface area contributed by atoms with Gasteiger partial charge in [0.1, 0.15) is 0 Å². The molecule has 0 saturated heterocycles. The van der Waals surface area contributed by atoms with E-state index in [-0.39, 0.29) is 5.17 Å². The van der Waals surface area contributed by atoms with Gasteiger partial charge in [0, 0.05) is 10.9 Å². The van der Waals surface area contributed by atoms with Crippen molar-refractivity contribution < 1.29 is 4.52 Å². The molecule has 0 aliphatic heterocycles. The summed E-state index contributed by atoms with van der Waals surface area (Å²) in [4.78, 5) is 4.22. The zero-order chi connectivity index (χ0) is 11.4. The van der Waals surface area contributed by atoms with E-state index in [4.69, 9.17) is 16.1 Å². The maximum atomic E-state index is 5.42. The number of amidine groups is 1. The Morgan fingerprint density at radius 2 is 2.50 bits per heavy atom. The molecule has 0 fully saturated rings. The first-order chi connectivity index (χ1) is 7.79. The summed E-state index contributed by atoms with van der Waals surface area (Å²) in [7, 11) is 0. The van der Waals surface area contributed by atoms with Crippen LogP contribution in [0.3, 0.4) is 0 Å². The van der Waals surface area contributed by atoms with E-state index in [9.17, 15) is 0 Å². The van der Waals surface area contributed by atoms with Gasteiger partial charge in [-0.3, -0.25) is 0 Å². The number of nitrogens with two attached hydrogens (primary N) is 2. The summed E-state index contributed by atoms with van der Waals surface area (Å²) in [6.07, 6.45) is 0. The topological polar surface area (TPSA) is 103 Å². The highest BCUT2D eigenvalue weighted by Gasteiger charge is 2.09. The van der Waals surface area contributed by atoms with E-state index < -0.39 is 0 Å². The number of rotatable bonds is 3. The van der Waals surface area contributed by atoms with Gasteiger partial charge in [0.25, 0.3) is 0 Å². The van der Waals surface area contributed by atoms with Crippen LogP contribution in [0.5, 0.6) is 0 Å². The maximum absolute atomic E-state index is 5.42. The summed E-state index contributed by atoms with van der Waals surface area (Å²) in [6.45, 7) is 0. The SMILES string of the molecule is NN=C(N)SCc1nc(-c2ccsc2)no1. The lowest BCUT2D eigenvalue weighted by Gasteiger charge is -1.92. The van der Waals surface area contributed by atoms with Crippen LogP contribution in [-0.4, -0.2) is 15.3 Å².